The van der Waals surface area contributed by atoms with Crippen molar-refractivity contribution >= 4 is 54.7 Å². The molecule has 0 aliphatic carbocycles. The number of aryl methyl sites for hydroxylation is 1. The number of hydrazone groups is 1. The number of sulfonamides is 1. The molecule has 2 heterocycles. The predicted molar refractivity (Wildman–Crippen MR) is 131 cm³/mol. The minimum Gasteiger partial charge on any atom is -0.400 e. The van der Waals surface area contributed by atoms with Crippen LogP contribution < -0.4 is 5.01 Å². The summed E-state index contributed by atoms with van der Waals surface area (Å²) < 4.78 is 31.7. The minimum absolute atomic E-state index is 0.0347. The van der Waals surface area contributed by atoms with Crippen LogP contribution in [0.5, 0.6) is 0 Å². The number of rotatable bonds is 7. The molecule has 180 valence electrons. The van der Waals surface area contributed by atoms with Gasteiger partial charge in [-0.3, -0.25) is 14.9 Å². The fourth-order valence-electron chi connectivity index (χ4n) is 3.03. The molecule has 0 fully saturated rings. The van der Waals surface area contributed by atoms with Crippen LogP contribution in [0.1, 0.15) is 21.7 Å². The lowest BCUT2D eigenvalue weighted by Crippen LogP contribution is -2.26. The van der Waals surface area contributed by atoms with E-state index in [0.29, 0.717) is 5.52 Å². The first kappa shape index (κ1) is 24.2. The van der Waals surface area contributed by atoms with Crippen molar-refractivity contribution in [2.45, 2.75) is 11.8 Å². The Bertz CT molecular complexity index is 1550. The highest BCUT2D eigenvalue weighted by Gasteiger charge is 2.23. The van der Waals surface area contributed by atoms with E-state index in [2.05, 4.69) is 10.1 Å². The highest BCUT2D eigenvalue weighted by atomic mass is 32.2. The minimum atomic E-state index is -3.66. The summed E-state index contributed by atoms with van der Waals surface area (Å²) in [4.78, 5) is 28.1. The van der Waals surface area contributed by atoms with Crippen molar-refractivity contribution in [2.75, 3.05) is 19.1 Å². The number of furan rings is 1. The van der Waals surface area contributed by atoms with Gasteiger partial charge in [0, 0.05) is 19.7 Å². The Labute approximate surface area is 204 Å². The van der Waals surface area contributed by atoms with Gasteiger partial charge in [0.25, 0.3) is 5.91 Å². The standard InChI is InChI=1S/C22H19N5O6S2/c1-14-4-10-18-19(12-14)34-22(24-18)26(23-13-16-7-11-20(33-16)27(29)30)21(28)15-5-8-17(9-6-15)35(31,32)25(2)3/h4-13H,1-3H3/b23-13+. The van der Waals surface area contributed by atoms with E-state index in [1.165, 1.54) is 68.0 Å². The molecule has 0 atom stereocenters. The van der Waals surface area contributed by atoms with E-state index in [1.807, 2.05) is 25.1 Å². The number of aromatic nitrogens is 1. The Morgan fingerprint density at radius 3 is 2.49 bits per heavy atom. The van der Waals surface area contributed by atoms with Crippen LogP contribution in [-0.2, 0) is 10.0 Å². The Kier molecular flexibility index (Phi) is 6.47. The quantitative estimate of drug-likeness (QED) is 0.206. The Morgan fingerprint density at radius 1 is 1.14 bits per heavy atom. The maximum atomic E-state index is 13.4. The van der Waals surface area contributed by atoms with Gasteiger partial charge in [-0.2, -0.15) is 10.1 Å². The summed E-state index contributed by atoms with van der Waals surface area (Å²) in [6.45, 7) is 1.94. The molecule has 0 aliphatic heterocycles. The summed E-state index contributed by atoms with van der Waals surface area (Å²) in [5.74, 6) is -0.969. The van der Waals surface area contributed by atoms with E-state index < -0.39 is 26.7 Å². The second-order valence-electron chi connectivity index (χ2n) is 7.57. The molecule has 35 heavy (non-hydrogen) atoms. The maximum Gasteiger partial charge on any atom is 0.433 e. The molecule has 1 amide bonds. The number of carbonyl (C=O) groups excluding carboxylic acids is 1. The van der Waals surface area contributed by atoms with Gasteiger partial charge in [-0.25, -0.2) is 17.7 Å². The Balaban J connectivity index is 1.73. The molecule has 0 saturated carbocycles. The topological polar surface area (TPSA) is 139 Å². The van der Waals surface area contributed by atoms with Gasteiger partial charge in [-0.15, -0.1) is 0 Å². The Hall–Kier alpha value is -3.94. The third kappa shape index (κ3) is 4.96. The van der Waals surface area contributed by atoms with Crippen LogP contribution in [0, 0.1) is 17.0 Å². The number of hydrogen-bond acceptors (Lipinski definition) is 9. The third-order valence-corrected chi connectivity index (χ3v) is 7.70. The number of carbonyl (C=O) groups is 1. The number of benzene rings is 2. The smallest absolute Gasteiger partial charge is 0.400 e. The highest BCUT2D eigenvalue weighted by Crippen LogP contribution is 2.31. The van der Waals surface area contributed by atoms with Gasteiger partial charge in [0.1, 0.15) is 4.92 Å². The molecule has 4 aromatic rings. The lowest BCUT2D eigenvalue weighted by Gasteiger charge is -2.15. The summed E-state index contributed by atoms with van der Waals surface area (Å²) in [7, 11) is -0.832. The predicted octanol–water partition coefficient (Wildman–Crippen LogP) is 4.04. The molecule has 13 heteroatoms. The number of anilines is 1. The van der Waals surface area contributed by atoms with Crippen molar-refractivity contribution < 1.29 is 22.6 Å². The van der Waals surface area contributed by atoms with Crippen LogP contribution in [0.25, 0.3) is 10.2 Å². The molecule has 2 aromatic carbocycles. The van der Waals surface area contributed by atoms with Crippen LogP contribution in [0.2, 0.25) is 0 Å². The van der Waals surface area contributed by atoms with E-state index in [-0.39, 0.29) is 21.4 Å². The zero-order valence-corrected chi connectivity index (χ0v) is 20.4. The number of amides is 1. The number of nitrogens with zero attached hydrogens (tertiary/aromatic N) is 5. The molecule has 4 rings (SSSR count). The molecule has 0 aliphatic rings. The normalized spacial score (nSPS) is 12.0. The van der Waals surface area contributed by atoms with Crippen molar-refractivity contribution in [3.05, 3.63) is 81.6 Å². The maximum absolute atomic E-state index is 13.4. The van der Waals surface area contributed by atoms with Crippen LogP contribution in [0.4, 0.5) is 11.0 Å². The van der Waals surface area contributed by atoms with Gasteiger partial charge in [-0.05, 0) is 55.0 Å². The van der Waals surface area contributed by atoms with E-state index in [0.717, 1.165) is 19.6 Å². The lowest BCUT2D eigenvalue weighted by atomic mass is 10.2. The first-order chi connectivity index (χ1) is 16.6. The van der Waals surface area contributed by atoms with Gasteiger partial charge in [0.2, 0.25) is 15.2 Å². The molecule has 0 unspecified atom stereocenters. The molecule has 2 aromatic heterocycles. The first-order valence-electron chi connectivity index (χ1n) is 10.1. The average Bonchev–Trinajstić information content (AvgIpc) is 3.46. The number of nitro groups is 1. The molecule has 0 N–H and O–H groups in total. The molecule has 0 saturated heterocycles. The van der Waals surface area contributed by atoms with E-state index in [9.17, 15) is 23.3 Å². The molecule has 0 bridgehead atoms. The number of thiazole rings is 1. The first-order valence-corrected chi connectivity index (χ1v) is 12.3. The van der Waals surface area contributed by atoms with Crippen molar-refractivity contribution in [3.8, 4) is 0 Å². The van der Waals surface area contributed by atoms with Gasteiger partial charge in [0.05, 0.1) is 27.4 Å². The van der Waals surface area contributed by atoms with Crippen molar-refractivity contribution in [1.29, 1.82) is 0 Å². The largest absolute Gasteiger partial charge is 0.433 e. The SMILES string of the molecule is Cc1ccc2nc(N(/N=C/c3ccc([N+](=O)[O-])o3)C(=O)c3ccc(S(=O)(=O)N(C)C)cc3)sc2c1. The summed E-state index contributed by atoms with van der Waals surface area (Å²) in [6, 6.07) is 13.6. The molecule has 0 radical (unpaired) electrons. The zero-order chi connectivity index (χ0) is 25.3. The van der Waals surface area contributed by atoms with Crippen LogP contribution in [0.3, 0.4) is 0 Å². The molecule has 11 nitrogen and oxygen atoms in total. The second-order valence-corrected chi connectivity index (χ2v) is 10.7. The lowest BCUT2D eigenvalue weighted by molar-refractivity contribution is -0.402. The Morgan fingerprint density at radius 2 is 1.86 bits per heavy atom. The van der Waals surface area contributed by atoms with Crippen molar-refractivity contribution in [1.82, 2.24) is 9.29 Å². The van der Waals surface area contributed by atoms with Gasteiger partial charge < -0.3 is 4.42 Å². The summed E-state index contributed by atoms with van der Waals surface area (Å²) in [5, 5.41) is 16.4. The van der Waals surface area contributed by atoms with Crippen molar-refractivity contribution in [3.63, 3.8) is 0 Å². The number of fused-ring (bicyclic) bond motifs is 1. The van der Waals surface area contributed by atoms with E-state index in [4.69, 9.17) is 4.42 Å². The number of hydrogen-bond donors (Lipinski definition) is 0. The van der Waals surface area contributed by atoms with Gasteiger partial charge in [-0.1, -0.05) is 17.4 Å². The fourth-order valence-corrected chi connectivity index (χ4v) is 4.95. The van der Waals surface area contributed by atoms with Gasteiger partial charge in [0.15, 0.2) is 5.76 Å². The van der Waals surface area contributed by atoms with Gasteiger partial charge >= 0.3 is 5.88 Å². The van der Waals surface area contributed by atoms with E-state index >= 15 is 0 Å². The summed E-state index contributed by atoms with van der Waals surface area (Å²) in [5.41, 5.74) is 1.86. The monoisotopic (exact) mass is 513 g/mol. The second kappa shape index (κ2) is 9.37. The molecular weight excluding hydrogens is 494 g/mol. The van der Waals surface area contributed by atoms with Crippen LogP contribution in [0.15, 0.2) is 69.0 Å². The van der Waals surface area contributed by atoms with Crippen LogP contribution >= 0.6 is 11.3 Å². The summed E-state index contributed by atoms with van der Waals surface area (Å²) >= 11 is 1.24. The zero-order valence-electron chi connectivity index (χ0n) is 18.8. The fraction of sp³-hybridized carbons (Fsp3) is 0.136. The van der Waals surface area contributed by atoms with Crippen LogP contribution in [-0.4, -0.2) is 48.8 Å². The average molecular weight is 514 g/mol. The molecule has 0 spiro atoms. The third-order valence-electron chi connectivity index (χ3n) is 4.88. The summed E-state index contributed by atoms with van der Waals surface area (Å²) in [6.07, 6.45) is 1.17. The highest BCUT2D eigenvalue weighted by molar-refractivity contribution is 7.89. The molecular formula is C22H19N5O6S2. The van der Waals surface area contributed by atoms with E-state index in [1.54, 1.807) is 0 Å². The van der Waals surface area contributed by atoms with Crippen molar-refractivity contribution in [2.24, 2.45) is 5.10 Å².